The number of amides is 1. The van der Waals surface area contributed by atoms with Crippen LogP contribution in [0.2, 0.25) is 5.02 Å². The Morgan fingerprint density at radius 3 is 2.41 bits per heavy atom. The number of nitrogens with one attached hydrogen (secondary N) is 1. The molecule has 3 aromatic rings. The quantitative estimate of drug-likeness (QED) is 0.590. The largest absolute Gasteiger partial charge is 0.484 e. The van der Waals surface area contributed by atoms with Crippen molar-refractivity contribution in [3.63, 3.8) is 0 Å². The molecule has 3 rings (SSSR count). The minimum atomic E-state index is -3.34. The molecule has 0 fully saturated rings. The summed E-state index contributed by atoms with van der Waals surface area (Å²) in [5.41, 5.74) is 1.34. The number of aromatic nitrogens is 2. The number of benzene rings is 2. The molecule has 1 heterocycles. The molecule has 0 saturated heterocycles. The van der Waals surface area contributed by atoms with E-state index >= 15 is 0 Å². The second-order valence-electron chi connectivity index (χ2n) is 5.98. The summed E-state index contributed by atoms with van der Waals surface area (Å²) in [6, 6.07) is 13.5. The summed E-state index contributed by atoms with van der Waals surface area (Å²) in [5, 5.41) is 12.3. The van der Waals surface area contributed by atoms with E-state index in [1.165, 1.54) is 18.4 Å². The van der Waals surface area contributed by atoms with Gasteiger partial charge in [-0.3, -0.25) is 14.4 Å². The first-order valence-electron chi connectivity index (χ1n) is 8.28. The Labute approximate surface area is 177 Å². The molecule has 8 nitrogen and oxygen atoms in total. The molecule has 1 aromatic heterocycles. The summed E-state index contributed by atoms with van der Waals surface area (Å²) in [4.78, 5) is 12.1. The Hall–Kier alpha value is -2.69. The summed E-state index contributed by atoms with van der Waals surface area (Å²) in [7, 11) is -1.88. The molecule has 0 aliphatic rings. The molecule has 0 bridgehead atoms. The van der Waals surface area contributed by atoms with Gasteiger partial charge in [0.05, 0.1) is 11.9 Å². The lowest BCUT2D eigenvalue weighted by Gasteiger charge is -2.16. The average molecular weight is 453 g/mol. The van der Waals surface area contributed by atoms with Gasteiger partial charge in [0.1, 0.15) is 10.8 Å². The SMILES string of the molecule is CN(c1ccc(OCC(=O)Nc2nnc(-c3ccc(Cl)cc3)s2)cc1)S(C)(=O)=O. The maximum atomic E-state index is 12.1. The lowest BCUT2D eigenvalue weighted by molar-refractivity contribution is -0.118. The van der Waals surface area contributed by atoms with E-state index in [1.54, 1.807) is 36.4 Å². The minimum Gasteiger partial charge on any atom is -0.484 e. The molecule has 0 atom stereocenters. The molecule has 29 heavy (non-hydrogen) atoms. The lowest BCUT2D eigenvalue weighted by atomic mass is 10.2. The van der Waals surface area contributed by atoms with Crippen molar-refractivity contribution in [1.29, 1.82) is 0 Å². The van der Waals surface area contributed by atoms with Gasteiger partial charge >= 0.3 is 0 Å². The first kappa shape index (κ1) is 21.0. The molecule has 1 N–H and O–H groups in total. The number of carbonyl (C=O) groups is 1. The molecular weight excluding hydrogens is 436 g/mol. The number of ether oxygens (including phenoxy) is 1. The van der Waals surface area contributed by atoms with E-state index in [-0.39, 0.29) is 12.5 Å². The number of anilines is 2. The fourth-order valence-electron chi connectivity index (χ4n) is 2.23. The van der Waals surface area contributed by atoms with Gasteiger partial charge in [0, 0.05) is 17.6 Å². The van der Waals surface area contributed by atoms with Gasteiger partial charge in [0.15, 0.2) is 6.61 Å². The zero-order valence-electron chi connectivity index (χ0n) is 15.5. The van der Waals surface area contributed by atoms with Crippen LogP contribution in [0.25, 0.3) is 10.6 Å². The highest BCUT2D eigenvalue weighted by Crippen LogP contribution is 2.27. The minimum absolute atomic E-state index is 0.225. The van der Waals surface area contributed by atoms with Crippen molar-refractivity contribution in [2.24, 2.45) is 0 Å². The summed E-state index contributed by atoms with van der Waals surface area (Å²) in [6.45, 7) is -0.225. The van der Waals surface area contributed by atoms with Crippen molar-refractivity contribution in [3.8, 4) is 16.3 Å². The maximum absolute atomic E-state index is 12.1. The molecule has 1 amide bonds. The third-order valence-corrected chi connectivity index (χ3v) is 6.18. The van der Waals surface area contributed by atoms with Crippen molar-refractivity contribution < 1.29 is 17.9 Å². The van der Waals surface area contributed by atoms with Gasteiger partial charge in [-0.1, -0.05) is 35.1 Å². The molecule has 2 aromatic carbocycles. The average Bonchev–Trinajstić information content (AvgIpc) is 3.14. The highest BCUT2D eigenvalue weighted by molar-refractivity contribution is 7.92. The van der Waals surface area contributed by atoms with Crippen LogP contribution in [0, 0.1) is 0 Å². The first-order chi connectivity index (χ1) is 13.7. The third kappa shape index (κ3) is 5.66. The van der Waals surface area contributed by atoms with Gasteiger partial charge in [0.2, 0.25) is 15.2 Å². The van der Waals surface area contributed by atoms with Crippen molar-refractivity contribution >= 4 is 49.7 Å². The predicted molar refractivity (Wildman–Crippen MR) is 114 cm³/mol. The summed E-state index contributed by atoms with van der Waals surface area (Å²) >= 11 is 7.10. The number of nitrogens with zero attached hydrogens (tertiary/aromatic N) is 3. The van der Waals surface area contributed by atoms with E-state index in [4.69, 9.17) is 16.3 Å². The number of hydrogen-bond acceptors (Lipinski definition) is 7. The Morgan fingerprint density at radius 2 is 1.79 bits per heavy atom. The van der Waals surface area contributed by atoms with E-state index in [0.29, 0.717) is 26.6 Å². The molecule has 0 spiro atoms. The van der Waals surface area contributed by atoms with E-state index in [1.807, 2.05) is 12.1 Å². The van der Waals surface area contributed by atoms with Crippen LogP contribution in [0.1, 0.15) is 0 Å². The van der Waals surface area contributed by atoms with E-state index in [0.717, 1.165) is 16.1 Å². The number of rotatable bonds is 7. The molecule has 0 aliphatic carbocycles. The van der Waals surface area contributed by atoms with Crippen LogP contribution in [0.4, 0.5) is 10.8 Å². The van der Waals surface area contributed by atoms with Crippen LogP contribution in [-0.4, -0.2) is 44.4 Å². The van der Waals surface area contributed by atoms with Crippen LogP contribution in [-0.2, 0) is 14.8 Å². The van der Waals surface area contributed by atoms with Crippen molar-refractivity contribution in [1.82, 2.24) is 10.2 Å². The molecule has 0 aliphatic heterocycles. The fraction of sp³-hybridized carbons (Fsp3) is 0.167. The number of sulfonamides is 1. The summed E-state index contributed by atoms with van der Waals surface area (Å²) in [6.07, 6.45) is 1.12. The van der Waals surface area contributed by atoms with Gasteiger partial charge in [-0.2, -0.15) is 0 Å². The van der Waals surface area contributed by atoms with Crippen LogP contribution in [0.3, 0.4) is 0 Å². The van der Waals surface area contributed by atoms with E-state index in [2.05, 4.69) is 15.5 Å². The van der Waals surface area contributed by atoms with Crippen LogP contribution in [0.5, 0.6) is 5.75 Å². The third-order valence-electron chi connectivity index (χ3n) is 3.83. The Bertz CT molecular complexity index is 1100. The zero-order chi connectivity index (χ0) is 21.0. The second kappa shape index (κ2) is 8.76. The topological polar surface area (TPSA) is 101 Å². The predicted octanol–water partition coefficient (Wildman–Crippen LogP) is 3.27. The fourth-order valence-corrected chi connectivity index (χ4v) is 3.63. The number of halogens is 1. The zero-order valence-corrected chi connectivity index (χ0v) is 17.9. The Morgan fingerprint density at radius 1 is 1.14 bits per heavy atom. The monoisotopic (exact) mass is 452 g/mol. The van der Waals surface area contributed by atoms with Gasteiger partial charge in [-0.15, -0.1) is 10.2 Å². The number of hydrogen-bond donors (Lipinski definition) is 1. The van der Waals surface area contributed by atoms with Gasteiger partial charge in [-0.25, -0.2) is 8.42 Å². The highest BCUT2D eigenvalue weighted by atomic mass is 35.5. The second-order valence-corrected chi connectivity index (χ2v) is 9.41. The smallest absolute Gasteiger partial charge is 0.264 e. The lowest BCUT2D eigenvalue weighted by Crippen LogP contribution is -2.24. The first-order valence-corrected chi connectivity index (χ1v) is 11.3. The molecule has 0 radical (unpaired) electrons. The van der Waals surface area contributed by atoms with Gasteiger partial charge in [0.25, 0.3) is 5.91 Å². The maximum Gasteiger partial charge on any atom is 0.264 e. The molecule has 152 valence electrons. The van der Waals surface area contributed by atoms with E-state index in [9.17, 15) is 13.2 Å². The molecule has 0 unspecified atom stereocenters. The standard InChI is InChI=1S/C18H17ClN4O4S2/c1-23(29(2,25)26)14-7-9-15(10-8-14)27-11-16(24)20-18-22-21-17(28-18)12-3-5-13(19)6-4-12/h3-10H,11H2,1-2H3,(H,20,22,24). The van der Waals surface area contributed by atoms with Crippen molar-refractivity contribution in [2.75, 3.05) is 29.5 Å². The Kier molecular flexibility index (Phi) is 6.36. The van der Waals surface area contributed by atoms with E-state index < -0.39 is 10.0 Å². The van der Waals surface area contributed by atoms with Crippen molar-refractivity contribution in [3.05, 3.63) is 53.6 Å². The van der Waals surface area contributed by atoms with Crippen LogP contribution < -0.4 is 14.4 Å². The summed E-state index contributed by atoms with van der Waals surface area (Å²) in [5.74, 6) is 0.0473. The highest BCUT2D eigenvalue weighted by Gasteiger charge is 2.13. The van der Waals surface area contributed by atoms with Crippen LogP contribution in [0.15, 0.2) is 48.5 Å². The summed E-state index contributed by atoms with van der Waals surface area (Å²) < 4.78 is 29.7. The molecule has 11 heteroatoms. The van der Waals surface area contributed by atoms with Crippen LogP contribution >= 0.6 is 22.9 Å². The van der Waals surface area contributed by atoms with Gasteiger partial charge in [-0.05, 0) is 36.4 Å². The molecule has 0 saturated carbocycles. The van der Waals surface area contributed by atoms with Crippen molar-refractivity contribution in [2.45, 2.75) is 0 Å². The molecular formula is C18H17ClN4O4S2. The Balaban J connectivity index is 1.54. The van der Waals surface area contributed by atoms with Gasteiger partial charge < -0.3 is 4.74 Å². The number of carbonyl (C=O) groups excluding carboxylic acids is 1. The normalized spacial score (nSPS) is 11.1.